The van der Waals surface area contributed by atoms with Gasteiger partial charge in [-0.3, -0.25) is 4.99 Å². The Morgan fingerprint density at radius 3 is 2.56 bits per heavy atom. The van der Waals surface area contributed by atoms with E-state index in [-0.39, 0.29) is 5.82 Å². The molecule has 0 amide bonds. The molecule has 2 rings (SSSR count). The van der Waals surface area contributed by atoms with Crippen LogP contribution in [0.25, 0.3) is 0 Å². The zero-order chi connectivity index (χ0) is 17.7. The Hall–Kier alpha value is -1.62. The summed E-state index contributed by atoms with van der Waals surface area (Å²) in [5.74, 6) is 0.571. The van der Waals surface area contributed by atoms with Gasteiger partial charge in [-0.05, 0) is 49.8 Å². The smallest absolute Gasteiger partial charge is 0.191 e. The van der Waals surface area contributed by atoms with E-state index in [0.29, 0.717) is 12.6 Å². The molecule has 1 fully saturated rings. The van der Waals surface area contributed by atoms with Crippen molar-refractivity contribution in [2.24, 2.45) is 4.99 Å². The molecule has 0 saturated heterocycles. The van der Waals surface area contributed by atoms with Crippen LogP contribution in [0.15, 0.2) is 29.3 Å². The summed E-state index contributed by atoms with van der Waals surface area (Å²) in [5, 5.41) is 6.56. The SMILES string of the molecule is CN=C(NCCCCCOC1CCCCC1)NCc1ccc(F)cc1. The molecule has 0 bridgehead atoms. The Morgan fingerprint density at radius 1 is 1.08 bits per heavy atom. The van der Waals surface area contributed by atoms with Crippen molar-refractivity contribution >= 4 is 5.96 Å². The van der Waals surface area contributed by atoms with Gasteiger partial charge in [0.05, 0.1) is 6.10 Å². The van der Waals surface area contributed by atoms with Crippen molar-refractivity contribution in [1.82, 2.24) is 10.6 Å². The summed E-state index contributed by atoms with van der Waals surface area (Å²) in [6.07, 6.45) is 10.4. The summed E-state index contributed by atoms with van der Waals surface area (Å²) < 4.78 is 18.8. The molecule has 1 aliphatic carbocycles. The maximum Gasteiger partial charge on any atom is 0.191 e. The third kappa shape index (κ3) is 8.34. The summed E-state index contributed by atoms with van der Waals surface area (Å²) in [4.78, 5) is 4.21. The van der Waals surface area contributed by atoms with Crippen molar-refractivity contribution in [3.05, 3.63) is 35.6 Å². The fourth-order valence-corrected chi connectivity index (χ4v) is 3.10. The van der Waals surface area contributed by atoms with Crippen LogP contribution in [0, 0.1) is 5.82 Å². The van der Waals surface area contributed by atoms with Crippen molar-refractivity contribution in [2.45, 2.75) is 64.0 Å². The molecule has 0 heterocycles. The van der Waals surface area contributed by atoms with Gasteiger partial charge >= 0.3 is 0 Å². The van der Waals surface area contributed by atoms with Gasteiger partial charge in [0.25, 0.3) is 0 Å². The van der Waals surface area contributed by atoms with E-state index in [2.05, 4.69) is 15.6 Å². The van der Waals surface area contributed by atoms with Crippen molar-refractivity contribution in [3.63, 3.8) is 0 Å². The van der Waals surface area contributed by atoms with Gasteiger partial charge in [-0.15, -0.1) is 0 Å². The van der Waals surface area contributed by atoms with Gasteiger partial charge in [0.1, 0.15) is 5.82 Å². The average Bonchev–Trinajstić information content (AvgIpc) is 2.65. The number of benzene rings is 1. The maximum absolute atomic E-state index is 12.9. The van der Waals surface area contributed by atoms with Crippen LogP contribution in [0.2, 0.25) is 0 Å². The minimum atomic E-state index is -0.210. The molecule has 0 aliphatic heterocycles. The number of aliphatic imine (C=N–C) groups is 1. The van der Waals surface area contributed by atoms with E-state index in [1.54, 1.807) is 19.2 Å². The number of nitrogens with one attached hydrogen (secondary N) is 2. The maximum atomic E-state index is 12.9. The summed E-state index contributed by atoms with van der Waals surface area (Å²) in [7, 11) is 1.76. The molecule has 0 aromatic heterocycles. The third-order valence-corrected chi connectivity index (χ3v) is 4.62. The lowest BCUT2D eigenvalue weighted by Gasteiger charge is -2.21. The first-order chi connectivity index (χ1) is 12.3. The summed E-state index contributed by atoms with van der Waals surface area (Å²) in [6.45, 7) is 2.42. The van der Waals surface area contributed by atoms with Crippen molar-refractivity contribution in [1.29, 1.82) is 0 Å². The third-order valence-electron chi connectivity index (χ3n) is 4.62. The van der Waals surface area contributed by atoms with E-state index in [1.165, 1.54) is 44.2 Å². The molecule has 1 aromatic rings. The van der Waals surface area contributed by atoms with Gasteiger partial charge in [-0.1, -0.05) is 31.4 Å². The second kappa shape index (κ2) is 11.9. The molecule has 0 spiro atoms. The topological polar surface area (TPSA) is 45.7 Å². The van der Waals surface area contributed by atoms with Gasteiger partial charge < -0.3 is 15.4 Å². The molecule has 0 unspecified atom stereocenters. The number of halogens is 1. The second-order valence-electron chi connectivity index (χ2n) is 6.67. The molecule has 1 saturated carbocycles. The quantitative estimate of drug-likeness (QED) is 0.402. The summed E-state index contributed by atoms with van der Waals surface area (Å²) >= 11 is 0. The van der Waals surface area contributed by atoms with Crippen LogP contribution in [-0.4, -0.2) is 32.3 Å². The Kier molecular flexibility index (Phi) is 9.34. The van der Waals surface area contributed by atoms with Crippen molar-refractivity contribution in [3.8, 4) is 0 Å². The first-order valence-electron chi connectivity index (χ1n) is 9.58. The Balaban J connectivity index is 1.48. The fourth-order valence-electron chi connectivity index (χ4n) is 3.10. The van der Waals surface area contributed by atoms with Gasteiger partial charge in [0, 0.05) is 26.7 Å². The van der Waals surface area contributed by atoms with E-state index in [0.717, 1.165) is 43.9 Å². The van der Waals surface area contributed by atoms with Crippen molar-refractivity contribution in [2.75, 3.05) is 20.2 Å². The molecule has 1 aliphatic rings. The van der Waals surface area contributed by atoms with Gasteiger partial charge in [0.15, 0.2) is 5.96 Å². The molecule has 140 valence electrons. The number of rotatable bonds is 9. The number of ether oxygens (including phenoxy) is 1. The zero-order valence-electron chi connectivity index (χ0n) is 15.4. The monoisotopic (exact) mass is 349 g/mol. The van der Waals surface area contributed by atoms with E-state index >= 15 is 0 Å². The lowest BCUT2D eigenvalue weighted by Crippen LogP contribution is -2.37. The van der Waals surface area contributed by atoms with E-state index < -0.39 is 0 Å². The van der Waals surface area contributed by atoms with Crippen LogP contribution in [-0.2, 0) is 11.3 Å². The first-order valence-corrected chi connectivity index (χ1v) is 9.58. The number of guanidine groups is 1. The van der Waals surface area contributed by atoms with Crippen molar-refractivity contribution < 1.29 is 9.13 Å². The highest BCUT2D eigenvalue weighted by Crippen LogP contribution is 2.20. The lowest BCUT2D eigenvalue weighted by molar-refractivity contribution is 0.0264. The standard InChI is InChI=1S/C20H32FN3O/c1-22-20(24-16-17-10-12-18(21)13-11-17)23-14-6-3-7-15-25-19-8-4-2-5-9-19/h10-13,19H,2-9,14-16H2,1H3,(H2,22,23,24). The van der Waals surface area contributed by atoms with E-state index in [1.807, 2.05) is 0 Å². The minimum Gasteiger partial charge on any atom is -0.378 e. The van der Waals surface area contributed by atoms with Crippen LogP contribution in [0.1, 0.15) is 56.9 Å². The van der Waals surface area contributed by atoms with Crippen LogP contribution in [0.4, 0.5) is 4.39 Å². The highest BCUT2D eigenvalue weighted by atomic mass is 19.1. The van der Waals surface area contributed by atoms with Crippen LogP contribution >= 0.6 is 0 Å². The molecule has 2 N–H and O–H groups in total. The predicted molar refractivity (Wildman–Crippen MR) is 101 cm³/mol. The number of hydrogen-bond donors (Lipinski definition) is 2. The highest BCUT2D eigenvalue weighted by Gasteiger charge is 2.12. The molecule has 0 atom stereocenters. The second-order valence-corrected chi connectivity index (χ2v) is 6.67. The first kappa shape index (κ1) is 19.7. The van der Waals surface area contributed by atoms with Gasteiger partial charge in [0.2, 0.25) is 0 Å². The normalized spacial score (nSPS) is 16.0. The van der Waals surface area contributed by atoms with Crippen LogP contribution in [0.5, 0.6) is 0 Å². The van der Waals surface area contributed by atoms with Crippen LogP contribution in [0.3, 0.4) is 0 Å². The van der Waals surface area contributed by atoms with E-state index in [9.17, 15) is 4.39 Å². The minimum absolute atomic E-state index is 0.210. The fraction of sp³-hybridized carbons (Fsp3) is 0.650. The molecule has 4 nitrogen and oxygen atoms in total. The summed E-state index contributed by atoms with van der Waals surface area (Å²) in [5.41, 5.74) is 1.03. The largest absolute Gasteiger partial charge is 0.378 e. The predicted octanol–water partition coefficient (Wildman–Crippen LogP) is 4.01. The molecule has 5 heteroatoms. The lowest BCUT2D eigenvalue weighted by atomic mass is 9.98. The van der Waals surface area contributed by atoms with Crippen LogP contribution < -0.4 is 10.6 Å². The molecular weight excluding hydrogens is 317 g/mol. The number of nitrogens with zero attached hydrogens (tertiary/aromatic N) is 1. The molecule has 1 aromatic carbocycles. The zero-order valence-corrected chi connectivity index (χ0v) is 15.4. The number of hydrogen-bond acceptors (Lipinski definition) is 2. The molecule has 0 radical (unpaired) electrons. The highest BCUT2D eigenvalue weighted by molar-refractivity contribution is 5.79. The van der Waals surface area contributed by atoms with E-state index in [4.69, 9.17) is 4.74 Å². The Bertz CT molecular complexity index is 498. The average molecular weight is 349 g/mol. The van der Waals surface area contributed by atoms with Gasteiger partial charge in [-0.25, -0.2) is 4.39 Å². The number of unbranched alkanes of at least 4 members (excludes halogenated alkanes) is 2. The van der Waals surface area contributed by atoms with Gasteiger partial charge in [-0.2, -0.15) is 0 Å². The molecular formula is C20H32FN3O. The molecule has 25 heavy (non-hydrogen) atoms. The summed E-state index contributed by atoms with van der Waals surface area (Å²) in [6, 6.07) is 6.51. The Morgan fingerprint density at radius 2 is 1.84 bits per heavy atom. The Labute approximate surface area is 151 Å².